The Bertz CT molecular complexity index is 250. The van der Waals surface area contributed by atoms with E-state index < -0.39 is 0 Å². The van der Waals surface area contributed by atoms with E-state index in [9.17, 15) is 0 Å². The van der Waals surface area contributed by atoms with Crippen LogP contribution in [0.15, 0.2) is 17.4 Å². The summed E-state index contributed by atoms with van der Waals surface area (Å²) in [5.74, 6) is 0. The highest BCUT2D eigenvalue weighted by molar-refractivity contribution is 7.99. The Labute approximate surface area is 76.8 Å². The van der Waals surface area contributed by atoms with Gasteiger partial charge in [-0.05, 0) is 0 Å². The molecule has 0 saturated heterocycles. The molecular weight excluding hydrogens is 170 g/mol. The van der Waals surface area contributed by atoms with E-state index >= 15 is 0 Å². The molecule has 0 aliphatic heterocycles. The first-order valence-corrected chi connectivity index (χ1v) is 4.78. The van der Waals surface area contributed by atoms with Crippen molar-refractivity contribution < 1.29 is 0 Å². The van der Waals surface area contributed by atoms with Crippen LogP contribution in [0.25, 0.3) is 0 Å². The fraction of sp³-hybridized carbons (Fsp3) is 0.500. The molecule has 0 atom stereocenters. The summed E-state index contributed by atoms with van der Waals surface area (Å²) < 4.78 is 0. The standard InChI is InChI=1S/C8H13N3S/c1-6(2)12-8-7(5-9)10-3-4-11-8/h3-4,6H,5,9H2,1-2H3. The topological polar surface area (TPSA) is 51.8 Å². The Morgan fingerprint density at radius 2 is 2.08 bits per heavy atom. The molecule has 0 unspecified atom stereocenters. The van der Waals surface area contributed by atoms with E-state index in [4.69, 9.17) is 5.73 Å². The molecule has 0 aromatic carbocycles. The van der Waals surface area contributed by atoms with E-state index in [1.807, 2.05) is 0 Å². The van der Waals surface area contributed by atoms with Crippen molar-refractivity contribution in [2.45, 2.75) is 30.7 Å². The SMILES string of the molecule is CC(C)Sc1nccnc1CN. The van der Waals surface area contributed by atoms with Crippen molar-refractivity contribution >= 4 is 11.8 Å². The number of hydrogen-bond donors (Lipinski definition) is 1. The van der Waals surface area contributed by atoms with Crippen LogP contribution in [0.5, 0.6) is 0 Å². The Hall–Kier alpha value is -0.610. The molecule has 12 heavy (non-hydrogen) atoms. The zero-order chi connectivity index (χ0) is 8.97. The van der Waals surface area contributed by atoms with E-state index in [0.29, 0.717) is 11.8 Å². The number of hydrogen-bond acceptors (Lipinski definition) is 4. The van der Waals surface area contributed by atoms with E-state index in [-0.39, 0.29) is 0 Å². The lowest BCUT2D eigenvalue weighted by Gasteiger charge is -2.06. The summed E-state index contributed by atoms with van der Waals surface area (Å²) in [6, 6.07) is 0. The minimum absolute atomic E-state index is 0.461. The van der Waals surface area contributed by atoms with Crippen LogP contribution in [0.2, 0.25) is 0 Å². The molecule has 1 heterocycles. The van der Waals surface area contributed by atoms with Crippen LogP contribution < -0.4 is 5.73 Å². The Balaban J connectivity index is 2.82. The lowest BCUT2D eigenvalue weighted by molar-refractivity contribution is 0.882. The van der Waals surface area contributed by atoms with E-state index in [1.165, 1.54) is 0 Å². The summed E-state index contributed by atoms with van der Waals surface area (Å²) in [7, 11) is 0. The van der Waals surface area contributed by atoms with Gasteiger partial charge in [-0.15, -0.1) is 11.8 Å². The van der Waals surface area contributed by atoms with Gasteiger partial charge in [0.25, 0.3) is 0 Å². The van der Waals surface area contributed by atoms with Gasteiger partial charge in [0, 0.05) is 24.2 Å². The van der Waals surface area contributed by atoms with Gasteiger partial charge >= 0.3 is 0 Å². The summed E-state index contributed by atoms with van der Waals surface area (Å²) in [5.41, 5.74) is 6.40. The summed E-state index contributed by atoms with van der Waals surface area (Å²) in [6.07, 6.45) is 3.37. The number of nitrogens with two attached hydrogens (primary N) is 1. The molecule has 0 aliphatic rings. The van der Waals surface area contributed by atoms with E-state index in [2.05, 4.69) is 23.8 Å². The summed E-state index contributed by atoms with van der Waals surface area (Å²) >= 11 is 1.70. The molecule has 0 bridgehead atoms. The molecule has 4 heteroatoms. The van der Waals surface area contributed by atoms with Crippen LogP contribution in [0, 0.1) is 0 Å². The van der Waals surface area contributed by atoms with Crippen LogP contribution in [0.1, 0.15) is 19.5 Å². The summed E-state index contributed by atoms with van der Waals surface area (Å²) in [5, 5.41) is 1.47. The van der Waals surface area contributed by atoms with Gasteiger partial charge in [-0.2, -0.15) is 0 Å². The first-order chi connectivity index (χ1) is 5.74. The fourth-order valence-corrected chi connectivity index (χ4v) is 1.66. The van der Waals surface area contributed by atoms with Crippen molar-refractivity contribution in [2.24, 2.45) is 5.73 Å². The molecule has 0 aliphatic carbocycles. The first kappa shape index (κ1) is 9.48. The minimum Gasteiger partial charge on any atom is -0.325 e. The molecule has 66 valence electrons. The minimum atomic E-state index is 0.461. The average molecular weight is 183 g/mol. The summed E-state index contributed by atoms with van der Waals surface area (Å²) in [6.45, 7) is 4.71. The van der Waals surface area contributed by atoms with Gasteiger partial charge in [0.2, 0.25) is 0 Å². The molecule has 0 spiro atoms. The third-order valence-electron chi connectivity index (χ3n) is 1.28. The van der Waals surface area contributed by atoms with Crippen LogP contribution >= 0.6 is 11.8 Å². The Morgan fingerprint density at radius 3 is 2.67 bits per heavy atom. The highest BCUT2D eigenvalue weighted by atomic mass is 32.2. The molecule has 2 N–H and O–H groups in total. The predicted molar refractivity (Wildman–Crippen MR) is 50.9 cm³/mol. The fourth-order valence-electron chi connectivity index (χ4n) is 0.816. The monoisotopic (exact) mass is 183 g/mol. The Morgan fingerprint density at radius 1 is 1.42 bits per heavy atom. The molecule has 1 rings (SSSR count). The molecule has 0 radical (unpaired) electrons. The van der Waals surface area contributed by atoms with Crippen molar-refractivity contribution in [3.63, 3.8) is 0 Å². The normalized spacial score (nSPS) is 10.7. The van der Waals surface area contributed by atoms with Gasteiger partial charge in [0.1, 0.15) is 5.03 Å². The number of aromatic nitrogens is 2. The largest absolute Gasteiger partial charge is 0.325 e. The van der Waals surface area contributed by atoms with Gasteiger partial charge in [0.05, 0.1) is 5.69 Å². The van der Waals surface area contributed by atoms with Crippen LogP contribution in [-0.4, -0.2) is 15.2 Å². The first-order valence-electron chi connectivity index (χ1n) is 3.90. The van der Waals surface area contributed by atoms with Crippen molar-refractivity contribution in [3.8, 4) is 0 Å². The van der Waals surface area contributed by atoms with Crippen LogP contribution in [-0.2, 0) is 6.54 Å². The molecule has 0 fully saturated rings. The lowest BCUT2D eigenvalue weighted by Crippen LogP contribution is -2.03. The highest BCUT2D eigenvalue weighted by Crippen LogP contribution is 2.22. The zero-order valence-corrected chi connectivity index (χ0v) is 8.14. The van der Waals surface area contributed by atoms with Crippen molar-refractivity contribution in [1.29, 1.82) is 0 Å². The second-order valence-electron chi connectivity index (χ2n) is 2.68. The molecular formula is C8H13N3S. The smallest absolute Gasteiger partial charge is 0.119 e. The maximum Gasteiger partial charge on any atom is 0.119 e. The average Bonchev–Trinajstić information content (AvgIpc) is 2.04. The van der Waals surface area contributed by atoms with Gasteiger partial charge in [-0.25, -0.2) is 4.98 Å². The predicted octanol–water partition coefficient (Wildman–Crippen LogP) is 1.44. The zero-order valence-electron chi connectivity index (χ0n) is 7.32. The van der Waals surface area contributed by atoms with Gasteiger partial charge in [-0.1, -0.05) is 13.8 Å². The second-order valence-corrected chi connectivity index (χ2v) is 4.24. The lowest BCUT2D eigenvalue weighted by atomic mass is 10.5. The summed E-state index contributed by atoms with van der Waals surface area (Å²) in [4.78, 5) is 8.35. The van der Waals surface area contributed by atoms with Crippen molar-refractivity contribution in [1.82, 2.24) is 9.97 Å². The molecule has 1 aromatic heterocycles. The van der Waals surface area contributed by atoms with Crippen LogP contribution in [0.3, 0.4) is 0 Å². The third kappa shape index (κ3) is 2.46. The number of rotatable bonds is 3. The van der Waals surface area contributed by atoms with Crippen molar-refractivity contribution in [3.05, 3.63) is 18.1 Å². The molecule has 0 saturated carbocycles. The second kappa shape index (κ2) is 4.42. The van der Waals surface area contributed by atoms with Gasteiger partial charge in [0.15, 0.2) is 0 Å². The number of thioether (sulfide) groups is 1. The maximum absolute atomic E-state index is 5.51. The van der Waals surface area contributed by atoms with Crippen molar-refractivity contribution in [2.75, 3.05) is 0 Å². The molecule has 1 aromatic rings. The molecule has 3 nitrogen and oxygen atoms in total. The highest BCUT2D eigenvalue weighted by Gasteiger charge is 2.05. The quantitative estimate of drug-likeness (QED) is 0.720. The third-order valence-corrected chi connectivity index (χ3v) is 2.31. The van der Waals surface area contributed by atoms with Gasteiger partial charge in [-0.3, -0.25) is 4.98 Å². The maximum atomic E-state index is 5.51. The van der Waals surface area contributed by atoms with E-state index in [1.54, 1.807) is 24.2 Å². The molecule has 0 amide bonds. The number of nitrogens with zero attached hydrogens (tertiary/aromatic N) is 2. The van der Waals surface area contributed by atoms with Crippen LogP contribution in [0.4, 0.5) is 0 Å². The Kier molecular flexibility index (Phi) is 3.49. The van der Waals surface area contributed by atoms with Gasteiger partial charge < -0.3 is 5.73 Å². The van der Waals surface area contributed by atoms with E-state index in [0.717, 1.165) is 10.7 Å².